The van der Waals surface area contributed by atoms with Crippen LogP contribution in [-0.4, -0.2) is 31.7 Å². The number of carbonyl (C=O) groups excluding carboxylic acids is 1. The summed E-state index contributed by atoms with van der Waals surface area (Å²) in [5.74, 6) is -0.295. The van der Waals surface area contributed by atoms with E-state index in [0.717, 1.165) is 34.4 Å². The first-order chi connectivity index (χ1) is 16.2. The van der Waals surface area contributed by atoms with Gasteiger partial charge in [-0.1, -0.05) is 42.5 Å². The topological polar surface area (TPSA) is 53.4 Å². The number of imidazole rings is 1. The van der Waals surface area contributed by atoms with Crippen LogP contribution in [0.25, 0.3) is 16.6 Å². The molecule has 6 rings (SSSR count). The molecule has 5 aromatic rings. The fraction of sp³-hybridized carbons (Fsp3) is 0.185. The number of aromatic amines is 1. The number of nitrogens with one attached hydrogen (secondary N) is 1. The van der Waals surface area contributed by atoms with Gasteiger partial charge in [0.25, 0.3) is 0 Å². The third kappa shape index (κ3) is 3.39. The fourth-order valence-corrected chi connectivity index (χ4v) is 5.02. The summed E-state index contributed by atoms with van der Waals surface area (Å²) in [6, 6.07) is 20.2. The Balaban J connectivity index is 1.34. The Labute approximate surface area is 190 Å². The quantitative estimate of drug-likeness (QED) is 0.426. The fourth-order valence-electron chi connectivity index (χ4n) is 5.02. The van der Waals surface area contributed by atoms with Crippen molar-refractivity contribution in [2.75, 3.05) is 6.54 Å². The average Bonchev–Trinajstić information content (AvgIpc) is 3.43. The Bertz CT molecular complexity index is 1450. The van der Waals surface area contributed by atoms with Crippen LogP contribution in [0, 0.1) is 5.82 Å². The zero-order valence-electron chi connectivity index (χ0n) is 18.0. The first-order valence-corrected chi connectivity index (χ1v) is 11.2. The molecule has 0 bridgehead atoms. The van der Waals surface area contributed by atoms with E-state index in [1.54, 1.807) is 12.1 Å². The zero-order chi connectivity index (χ0) is 22.4. The maximum Gasteiger partial charge on any atom is 0.223 e. The van der Waals surface area contributed by atoms with Crippen LogP contribution >= 0.6 is 0 Å². The van der Waals surface area contributed by atoms with E-state index in [2.05, 4.69) is 16.0 Å². The molecule has 1 aliphatic rings. The van der Waals surface area contributed by atoms with Gasteiger partial charge in [0.15, 0.2) is 0 Å². The van der Waals surface area contributed by atoms with E-state index in [9.17, 15) is 9.18 Å². The molecule has 6 heteroatoms. The smallest absolute Gasteiger partial charge is 0.223 e. The van der Waals surface area contributed by atoms with E-state index in [-0.39, 0.29) is 11.7 Å². The number of nitrogens with zero attached hydrogens (tertiary/aromatic N) is 3. The first kappa shape index (κ1) is 19.7. The van der Waals surface area contributed by atoms with Crippen LogP contribution in [0.4, 0.5) is 4.39 Å². The molecule has 0 fully saturated rings. The lowest BCUT2D eigenvalue weighted by Gasteiger charge is -2.36. The van der Waals surface area contributed by atoms with Crippen molar-refractivity contribution in [1.29, 1.82) is 0 Å². The van der Waals surface area contributed by atoms with E-state index in [4.69, 9.17) is 0 Å². The number of pyridine rings is 1. The van der Waals surface area contributed by atoms with Crippen molar-refractivity contribution in [2.24, 2.45) is 0 Å². The number of amides is 1. The van der Waals surface area contributed by atoms with Crippen LogP contribution in [0.5, 0.6) is 0 Å². The Morgan fingerprint density at radius 2 is 1.88 bits per heavy atom. The van der Waals surface area contributed by atoms with Gasteiger partial charge in [0.1, 0.15) is 17.5 Å². The van der Waals surface area contributed by atoms with Crippen LogP contribution < -0.4 is 0 Å². The number of carbonyl (C=O) groups is 1. The molecule has 0 saturated heterocycles. The standard InChI is InChI=1S/C27H23FN4O/c28-22-9-3-1-8-21(22)27-26-20(19-7-2-4-10-23(19)30-26)14-16-32(27)25(33)13-12-18-17-31-15-6-5-11-24(31)29-18/h1-11,15,17,27,30H,12-14,16H2/t27-/m0/s1. The summed E-state index contributed by atoms with van der Waals surface area (Å²) in [6.45, 7) is 0.553. The molecule has 3 aromatic heterocycles. The molecule has 164 valence electrons. The molecule has 1 N–H and O–H groups in total. The summed E-state index contributed by atoms with van der Waals surface area (Å²) < 4.78 is 16.9. The monoisotopic (exact) mass is 438 g/mol. The summed E-state index contributed by atoms with van der Waals surface area (Å²) in [7, 11) is 0. The number of para-hydroxylation sites is 1. The highest BCUT2D eigenvalue weighted by atomic mass is 19.1. The van der Waals surface area contributed by atoms with Gasteiger partial charge in [0.2, 0.25) is 5.91 Å². The molecule has 2 aromatic carbocycles. The van der Waals surface area contributed by atoms with Gasteiger partial charge in [-0.25, -0.2) is 9.37 Å². The summed E-state index contributed by atoms with van der Waals surface area (Å²) in [5, 5.41) is 1.14. The van der Waals surface area contributed by atoms with E-state index in [1.807, 2.05) is 64.2 Å². The molecule has 1 amide bonds. The molecule has 4 heterocycles. The van der Waals surface area contributed by atoms with E-state index in [0.29, 0.717) is 24.9 Å². The van der Waals surface area contributed by atoms with Crippen molar-refractivity contribution >= 4 is 22.5 Å². The molecule has 33 heavy (non-hydrogen) atoms. The highest BCUT2D eigenvalue weighted by molar-refractivity contribution is 5.86. The van der Waals surface area contributed by atoms with Gasteiger partial charge >= 0.3 is 0 Å². The minimum atomic E-state index is -0.476. The number of hydrogen-bond donors (Lipinski definition) is 1. The van der Waals surface area contributed by atoms with Crippen LogP contribution in [0.3, 0.4) is 0 Å². The Morgan fingerprint density at radius 1 is 1.06 bits per heavy atom. The number of aromatic nitrogens is 3. The second-order valence-electron chi connectivity index (χ2n) is 8.52. The molecule has 0 radical (unpaired) electrons. The predicted octanol–water partition coefficient (Wildman–Crippen LogP) is 5.06. The lowest BCUT2D eigenvalue weighted by molar-refractivity contribution is -0.133. The number of halogens is 1. The Kier molecular flexibility index (Phi) is 4.72. The van der Waals surface area contributed by atoms with Crippen molar-refractivity contribution < 1.29 is 9.18 Å². The summed E-state index contributed by atoms with van der Waals surface area (Å²) in [6.07, 6.45) is 5.52. The number of benzene rings is 2. The number of H-pyrrole nitrogens is 1. The van der Waals surface area contributed by atoms with Gasteiger partial charge in [-0.15, -0.1) is 0 Å². The van der Waals surface area contributed by atoms with Crippen molar-refractivity contribution in [3.8, 4) is 0 Å². The molecule has 0 aliphatic carbocycles. The largest absolute Gasteiger partial charge is 0.356 e. The SMILES string of the molecule is O=C(CCc1cn2ccccc2n1)N1CCc2c([nH]c3ccccc23)[C@@H]1c1ccccc1F. The van der Waals surface area contributed by atoms with Crippen molar-refractivity contribution in [3.05, 3.63) is 107 Å². The number of hydrogen-bond acceptors (Lipinski definition) is 2. The van der Waals surface area contributed by atoms with Crippen molar-refractivity contribution in [1.82, 2.24) is 19.3 Å². The van der Waals surface area contributed by atoms with Gasteiger partial charge < -0.3 is 14.3 Å². The second kappa shape index (κ2) is 7.89. The highest BCUT2D eigenvalue weighted by Gasteiger charge is 2.35. The van der Waals surface area contributed by atoms with Crippen molar-refractivity contribution in [3.63, 3.8) is 0 Å². The molecule has 0 spiro atoms. The minimum absolute atomic E-state index is 0.00427. The van der Waals surface area contributed by atoms with Crippen molar-refractivity contribution in [2.45, 2.75) is 25.3 Å². The summed E-state index contributed by atoms with van der Waals surface area (Å²) in [5.41, 5.74) is 5.36. The van der Waals surface area contributed by atoms with Crippen LogP contribution in [0.1, 0.15) is 35.0 Å². The first-order valence-electron chi connectivity index (χ1n) is 11.2. The lowest BCUT2D eigenvalue weighted by Crippen LogP contribution is -2.41. The summed E-state index contributed by atoms with van der Waals surface area (Å²) >= 11 is 0. The van der Waals surface area contributed by atoms with E-state index >= 15 is 0 Å². The Morgan fingerprint density at radius 3 is 2.76 bits per heavy atom. The minimum Gasteiger partial charge on any atom is -0.356 e. The lowest BCUT2D eigenvalue weighted by atomic mass is 9.91. The predicted molar refractivity (Wildman–Crippen MR) is 125 cm³/mol. The van der Waals surface area contributed by atoms with Gasteiger partial charge in [-0.3, -0.25) is 4.79 Å². The number of aryl methyl sites for hydroxylation is 1. The van der Waals surface area contributed by atoms with Gasteiger partial charge in [-0.05, 0) is 42.7 Å². The van der Waals surface area contributed by atoms with E-state index < -0.39 is 6.04 Å². The zero-order valence-corrected chi connectivity index (χ0v) is 18.0. The van der Waals surface area contributed by atoms with Crippen LogP contribution in [0.15, 0.2) is 79.1 Å². The molecule has 1 atom stereocenters. The third-order valence-corrected chi connectivity index (χ3v) is 6.56. The van der Waals surface area contributed by atoms with Crippen LogP contribution in [-0.2, 0) is 17.6 Å². The number of rotatable bonds is 4. The van der Waals surface area contributed by atoms with Crippen LogP contribution in [0.2, 0.25) is 0 Å². The third-order valence-electron chi connectivity index (χ3n) is 6.56. The average molecular weight is 439 g/mol. The van der Waals surface area contributed by atoms with Gasteiger partial charge in [0, 0.05) is 47.5 Å². The van der Waals surface area contributed by atoms with E-state index in [1.165, 1.54) is 11.6 Å². The second-order valence-corrected chi connectivity index (χ2v) is 8.52. The normalized spacial score (nSPS) is 15.8. The maximum atomic E-state index is 15.0. The highest BCUT2D eigenvalue weighted by Crippen LogP contribution is 2.39. The molecular formula is C27H23FN4O. The number of fused-ring (bicyclic) bond motifs is 4. The molecule has 5 nitrogen and oxygen atoms in total. The molecule has 0 saturated carbocycles. The van der Waals surface area contributed by atoms with Gasteiger partial charge in [-0.2, -0.15) is 0 Å². The molecule has 0 unspecified atom stereocenters. The van der Waals surface area contributed by atoms with Gasteiger partial charge in [0.05, 0.1) is 5.69 Å². The summed E-state index contributed by atoms with van der Waals surface area (Å²) in [4.78, 5) is 23.4. The molecular weight excluding hydrogens is 415 g/mol. The molecule has 1 aliphatic heterocycles. The Hall–Kier alpha value is -3.93. The maximum absolute atomic E-state index is 15.0.